The number of amides is 1. The van der Waals surface area contributed by atoms with Crippen LogP contribution < -0.4 is 5.32 Å². The number of carbonyl (C=O) groups is 2. The molecule has 0 saturated carbocycles. The number of hydrogen-bond donors (Lipinski definition) is 1. The fourth-order valence-corrected chi connectivity index (χ4v) is 5.20. The highest BCUT2D eigenvalue weighted by atomic mass is 32.2. The van der Waals surface area contributed by atoms with Gasteiger partial charge in [-0.05, 0) is 28.7 Å². The van der Waals surface area contributed by atoms with E-state index in [1.807, 2.05) is 48.5 Å². The Morgan fingerprint density at radius 2 is 1.50 bits per heavy atom. The van der Waals surface area contributed by atoms with E-state index in [2.05, 4.69) is 10.1 Å². The maximum absolute atomic E-state index is 13.1. The molecule has 0 aromatic heterocycles. The SMILES string of the molecule is O=C(NCCC1SC(C(F)(F)F)(C(F)(F)F)OC1=O)OCC1c2ccccc2-c2ccccc21. The Morgan fingerprint density at radius 3 is 2.00 bits per heavy atom. The van der Waals surface area contributed by atoms with Crippen LogP contribution in [0.25, 0.3) is 11.1 Å². The first-order valence-electron chi connectivity index (χ1n) is 10.1. The van der Waals surface area contributed by atoms with Crippen molar-refractivity contribution in [2.75, 3.05) is 13.2 Å². The van der Waals surface area contributed by atoms with Gasteiger partial charge in [-0.3, -0.25) is 4.79 Å². The molecule has 182 valence electrons. The molecule has 2 aromatic rings. The van der Waals surface area contributed by atoms with Gasteiger partial charge in [0.1, 0.15) is 11.9 Å². The number of rotatable bonds is 5. The van der Waals surface area contributed by atoms with Crippen molar-refractivity contribution in [1.29, 1.82) is 0 Å². The summed E-state index contributed by atoms with van der Waals surface area (Å²) in [5.74, 6) is -1.87. The van der Waals surface area contributed by atoms with Crippen molar-refractivity contribution in [3.05, 3.63) is 59.7 Å². The molecule has 12 heteroatoms. The average molecular weight is 505 g/mol. The first-order valence-corrected chi connectivity index (χ1v) is 11.0. The lowest BCUT2D eigenvalue weighted by atomic mass is 9.98. The van der Waals surface area contributed by atoms with Gasteiger partial charge in [0.2, 0.25) is 0 Å². The van der Waals surface area contributed by atoms with E-state index < -0.39 is 52.8 Å². The zero-order chi connectivity index (χ0) is 24.7. The summed E-state index contributed by atoms with van der Waals surface area (Å²) in [6.45, 7) is -0.402. The molecule has 4 rings (SSSR count). The van der Waals surface area contributed by atoms with Crippen LogP contribution in [-0.4, -0.2) is 47.7 Å². The number of ether oxygens (including phenoxy) is 2. The summed E-state index contributed by atoms with van der Waals surface area (Å²) in [5, 5.41) is 0.509. The van der Waals surface area contributed by atoms with Crippen molar-refractivity contribution in [2.24, 2.45) is 0 Å². The van der Waals surface area contributed by atoms with Crippen LogP contribution in [0.2, 0.25) is 0 Å². The van der Waals surface area contributed by atoms with Crippen molar-refractivity contribution in [3.63, 3.8) is 0 Å². The molecule has 1 amide bonds. The van der Waals surface area contributed by atoms with Crippen LogP contribution in [0.15, 0.2) is 48.5 Å². The summed E-state index contributed by atoms with van der Waals surface area (Å²) in [6.07, 6.45) is -13.1. The third-order valence-corrected chi connectivity index (χ3v) is 7.17. The van der Waals surface area contributed by atoms with Crippen LogP contribution in [0.4, 0.5) is 31.1 Å². The van der Waals surface area contributed by atoms with Crippen LogP contribution in [0.5, 0.6) is 0 Å². The summed E-state index contributed by atoms with van der Waals surface area (Å²) in [4.78, 5) is 19.2. The van der Waals surface area contributed by atoms with Crippen LogP contribution in [-0.2, 0) is 14.3 Å². The van der Waals surface area contributed by atoms with Crippen LogP contribution in [0, 0.1) is 0 Å². The predicted octanol–water partition coefficient (Wildman–Crippen LogP) is 5.39. The first-order chi connectivity index (χ1) is 15.9. The van der Waals surface area contributed by atoms with Gasteiger partial charge >= 0.3 is 29.3 Å². The molecular formula is C22H17F6NO4S. The lowest BCUT2D eigenvalue weighted by Gasteiger charge is -2.30. The van der Waals surface area contributed by atoms with E-state index in [0.717, 1.165) is 22.3 Å². The van der Waals surface area contributed by atoms with E-state index in [4.69, 9.17) is 4.74 Å². The molecule has 34 heavy (non-hydrogen) atoms. The molecule has 5 nitrogen and oxygen atoms in total. The summed E-state index contributed by atoms with van der Waals surface area (Å²) < 4.78 is 87.4. The summed E-state index contributed by atoms with van der Waals surface area (Å²) in [6, 6.07) is 15.2. The summed E-state index contributed by atoms with van der Waals surface area (Å²) in [5.41, 5.74) is 3.97. The van der Waals surface area contributed by atoms with E-state index in [-0.39, 0.29) is 19.1 Å². The van der Waals surface area contributed by atoms with Crippen molar-refractivity contribution in [3.8, 4) is 11.1 Å². The number of nitrogens with one attached hydrogen (secondary N) is 1. The zero-order valence-electron chi connectivity index (χ0n) is 17.2. The van der Waals surface area contributed by atoms with Crippen molar-refractivity contribution in [2.45, 2.75) is 34.9 Å². The van der Waals surface area contributed by atoms with Gasteiger partial charge in [0.05, 0.1) is 0 Å². The van der Waals surface area contributed by atoms with Crippen molar-refractivity contribution in [1.82, 2.24) is 5.32 Å². The molecule has 1 unspecified atom stereocenters. The summed E-state index contributed by atoms with van der Waals surface area (Å²) in [7, 11) is 0. The Balaban J connectivity index is 1.32. The second-order valence-corrected chi connectivity index (χ2v) is 9.06. The molecule has 0 bridgehead atoms. The highest BCUT2D eigenvalue weighted by Crippen LogP contribution is 2.58. The molecule has 1 saturated heterocycles. The second kappa shape index (κ2) is 8.71. The Morgan fingerprint density at radius 1 is 0.971 bits per heavy atom. The Bertz CT molecular complexity index is 1040. The smallest absolute Gasteiger partial charge is 0.448 e. The predicted molar refractivity (Wildman–Crippen MR) is 110 cm³/mol. The number of esters is 1. The van der Waals surface area contributed by atoms with E-state index in [9.17, 15) is 35.9 Å². The molecule has 1 atom stereocenters. The quantitative estimate of drug-likeness (QED) is 0.436. The normalized spacial score (nSPS) is 19.4. The zero-order valence-corrected chi connectivity index (χ0v) is 18.0. The molecule has 0 radical (unpaired) electrons. The van der Waals surface area contributed by atoms with Gasteiger partial charge in [-0.2, -0.15) is 26.3 Å². The fourth-order valence-electron chi connectivity index (χ4n) is 4.02. The molecule has 1 fully saturated rings. The Kier molecular flexibility index (Phi) is 6.21. The van der Waals surface area contributed by atoms with E-state index >= 15 is 0 Å². The van der Waals surface area contributed by atoms with E-state index in [1.165, 1.54) is 0 Å². The molecule has 1 aliphatic heterocycles. The molecule has 2 aromatic carbocycles. The summed E-state index contributed by atoms with van der Waals surface area (Å²) >= 11 is -0.664. The maximum atomic E-state index is 13.1. The van der Waals surface area contributed by atoms with Gasteiger partial charge in [-0.15, -0.1) is 0 Å². The fraction of sp³-hybridized carbons (Fsp3) is 0.364. The standard InChI is InChI=1S/C22H17F6NO4S/c23-21(24,25)20(22(26,27)28)33-18(30)17(34-20)9-10-29-19(31)32-11-16-14-7-3-1-5-12(14)13-6-2-4-8-15(13)16/h1-8,16-17H,9-11H2,(H,29,31). The third kappa shape index (κ3) is 4.19. The lowest BCUT2D eigenvalue weighted by Crippen LogP contribution is -2.54. The average Bonchev–Trinajstić information content (AvgIpc) is 3.28. The van der Waals surface area contributed by atoms with Crippen molar-refractivity contribution < 1.29 is 45.4 Å². The number of halogens is 6. The maximum Gasteiger partial charge on any atom is 0.448 e. The minimum absolute atomic E-state index is 0.0225. The number of carbonyl (C=O) groups excluding carboxylic acids is 2. The van der Waals surface area contributed by atoms with Gasteiger partial charge in [0.15, 0.2) is 0 Å². The largest absolute Gasteiger partial charge is 0.449 e. The Labute approximate surface area is 193 Å². The molecule has 1 aliphatic carbocycles. The molecule has 0 spiro atoms. The van der Waals surface area contributed by atoms with Gasteiger partial charge in [0.25, 0.3) is 0 Å². The minimum Gasteiger partial charge on any atom is -0.449 e. The third-order valence-electron chi connectivity index (χ3n) is 5.58. The van der Waals surface area contributed by atoms with Crippen LogP contribution in [0.3, 0.4) is 0 Å². The monoisotopic (exact) mass is 505 g/mol. The molecule has 1 heterocycles. The minimum atomic E-state index is -5.85. The highest BCUT2D eigenvalue weighted by molar-refractivity contribution is 8.02. The Hall–Kier alpha value is -2.89. The highest BCUT2D eigenvalue weighted by Gasteiger charge is 2.78. The molecule has 2 aliphatic rings. The number of alkyl halides is 6. The number of alkyl carbamates (subject to hydrolysis) is 1. The van der Waals surface area contributed by atoms with Crippen LogP contribution in [0.1, 0.15) is 23.5 Å². The van der Waals surface area contributed by atoms with E-state index in [1.54, 1.807) is 0 Å². The van der Waals surface area contributed by atoms with E-state index in [0.29, 0.717) is 0 Å². The van der Waals surface area contributed by atoms with Gasteiger partial charge in [-0.25, -0.2) is 4.79 Å². The van der Waals surface area contributed by atoms with Gasteiger partial charge in [0, 0.05) is 12.5 Å². The number of hydrogen-bond acceptors (Lipinski definition) is 5. The molecular weight excluding hydrogens is 488 g/mol. The van der Waals surface area contributed by atoms with Gasteiger partial charge < -0.3 is 14.8 Å². The number of fused-ring (bicyclic) bond motifs is 3. The number of benzene rings is 2. The molecule has 1 N–H and O–H groups in total. The first kappa shape index (κ1) is 24.2. The van der Waals surface area contributed by atoms with Crippen molar-refractivity contribution >= 4 is 23.8 Å². The lowest BCUT2D eigenvalue weighted by molar-refractivity contribution is -0.327. The topological polar surface area (TPSA) is 64.6 Å². The number of cyclic esters (lactones) is 1. The second-order valence-electron chi connectivity index (χ2n) is 7.68. The number of thioether (sulfide) groups is 1. The van der Waals surface area contributed by atoms with Crippen LogP contribution >= 0.6 is 11.8 Å². The van der Waals surface area contributed by atoms with Gasteiger partial charge in [-0.1, -0.05) is 60.3 Å².